The largest absolute Gasteiger partial charge is 0.484 e. The smallest absolute Gasteiger partial charge is 0.262 e. The van der Waals surface area contributed by atoms with Gasteiger partial charge in [-0.25, -0.2) is 13.4 Å². The third kappa shape index (κ3) is 3.13. The Kier molecular flexibility index (Phi) is 4.80. The summed E-state index contributed by atoms with van der Waals surface area (Å²) in [4.78, 5) is 30.1. The topological polar surface area (TPSA) is 98.1 Å². The average molecular weight is 522 g/mol. The quantitative estimate of drug-likeness (QED) is 0.476. The number of Topliss-reactive ketones (excluding diaryl/α,β-unsaturated/α-hetero) is 2. The van der Waals surface area contributed by atoms with E-state index in [1.54, 1.807) is 35.8 Å². The number of thiazole rings is 1. The highest BCUT2D eigenvalue weighted by Crippen LogP contribution is 2.47. The third-order valence-corrected chi connectivity index (χ3v) is 10.6. The molecule has 3 aliphatic rings. The summed E-state index contributed by atoms with van der Waals surface area (Å²) >= 11 is 8.82. The highest BCUT2D eigenvalue weighted by Gasteiger charge is 2.47. The van der Waals surface area contributed by atoms with E-state index in [1.807, 2.05) is 0 Å². The van der Waals surface area contributed by atoms with Crippen molar-refractivity contribution in [3.8, 4) is 0 Å². The van der Waals surface area contributed by atoms with Crippen molar-refractivity contribution in [3.05, 3.63) is 57.0 Å². The molecule has 2 aliphatic heterocycles. The monoisotopic (exact) mass is 521 g/mol. The Morgan fingerprint density at radius 2 is 1.82 bits per heavy atom. The van der Waals surface area contributed by atoms with Gasteiger partial charge in [0.15, 0.2) is 15.1 Å². The average Bonchev–Trinajstić information content (AvgIpc) is 3.37. The van der Waals surface area contributed by atoms with Crippen LogP contribution in [0.2, 0.25) is 5.15 Å². The first-order chi connectivity index (χ1) is 15.8. The van der Waals surface area contributed by atoms with Crippen LogP contribution in [0.3, 0.4) is 0 Å². The number of nitrogens with zero attached hydrogens (tertiary/aromatic N) is 3. The molecule has 0 saturated carbocycles. The van der Waals surface area contributed by atoms with Gasteiger partial charge >= 0.3 is 0 Å². The second-order valence-corrected chi connectivity index (χ2v) is 12.2. The number of fused-ring (bicyclic) bond motifs is 3. The zero-order valence-corrected chi connectivity index (χ0v) is 20.2. The maximum atomic E-state index is 13.4. The van der Waals surface area contributed by atoms with E-state index in [0.717, 1.165) is 0 Å². The minimum absolute atomic E-state index is 0.0226. The normalized spacial score (nSPS) is 20.8. The number of aromatic nitrogens is 2. The number of halogens is 1. The number of carbonyl (C=O) groups excluding carboxylic acids is 2. The fourth-order valence-electron chi connectivity index (χ4n) is 4.48. The third-order valence-electron chi connectivity index (χ3n) is 6.23. The molecule has 1 fully saturated rings. The molecule has 0 N–H and O–H groups in total. The second kappa shape index (κ2) is 7.41. The van der Waals surface area contributed by atoms with Crippen LogP contribution in [0.25, 0.3) is 10.7 Å². The lowest BCUT2D eigenvalue weighted by atomic mass is 9.90. The number of carbonyl (C=O) groups is 2. The number of allylic oxidation sites excluding steroid dienone is 1. The number of rotatable bonds is 2. The highest BCUT2D eigenvalue weighted by atomic mass is 35.5. The summed E-state index contributed by atoms with van der Waals surface area (Å²) in [5.74, 6) is -0.154. The fraction of sp³-hybridized carbons (Fsp3) is 0.286. The number of imidazole rings is 1. The van der Waals surface area contributed by atoms with Crippen LogP contribution in [-0.2, 0) is 19.6 Å². The van der Waals surface area contributed by atoms with Gasteiger partial charge in [-0.15, -0.1) is 23.1 Å². The summed E-state index contributed by atoms with van der Waals surface area (Å²) in [7, 11) is -3.85. The van der Waals surface area contributed by atoms with Crippen LogP contribution in [0.1, 0.15) is 28.8 Å². The Morgan fingerprint density at radius 1 is 1.09 bits per heavy atom. The van der Waals surface area contributed by atoms with Crippen molar-refractivity contribution in [3.63, 3.8) is 0 Å². The predicted molar refractivity (Wildman–Crippen MR) is 125 cm³/mol. The lowest BCUT2D eigenvalue weighted by Crippen LogP contribution is -2.51. The Balaban J connectivity index is 1.28. The molecule has 0 radical (unpaired) electrons. The number of piperidine rings is 1. The van der Waals surface area contributed by atoms with Crippen LogP contribution < -0.4 is 0 Å². The van der Waals surface area contributed by atoms with Gasteiger partial charge in [0.1, 0.15) is 16.3 Å². The molecule has 2 aromatic heterocycles. The Bertz CT molecular complexity index is 1480. The lowest BCUT2D eigenvalue weighted by Gasteiger charge is -2.44. The first-order valence-electron chi connectivity index (χ1n) is 10.2. The number of hydrogen-bond acceptors (Lipinski definition) is 8. The molecule has 0 atom stereocenters. The molecule has 3 aromatic rings. The molecule has 12 heteroatoms. The number of sulfonamides is 1. The molecule has 1 aromatic carbocycles. The summed E-state index contributed by atoms with van der Waals surface area (Å²) in [5.41, 5.74) is 0.334. The molecule has 0 amide bonds. The van der Waals surface area contributed by atoms with Crippen molar-refractivity contribution in [1.82, 2.24) is 13.7 Å². The van der Waals surface area contributed by atoms with Crippen LogP contribution in [0.15, 0.2) is 45.8 Å². The zero-order chi connectivity index (χ0) is 23.0. The van der Waals surface area contributed by atoms with Crippen molar-refractivity contribution in [2.45, 2.75) is 23.5 Å². The van der Waals surface area contributed by atoms with Gasteiger partial charge in [0.05, 0.1) is 0 Å². The van der Waals surface area contributed by atoms with Gasteiger partial charge in [0.2, 0.25) is 11.6 Å². The molecular weight excluding hydrogens is 506 g/mol. The van der Waals surface area contributed by atoms with Crippen molar-refractivity contribution in [2.75, 3.05) is 18.8 Å². The number of benzene rings is 1. The van der Waals surface area contributed by atoms with E-state index in [1.165, 1.54) is 31.8 Å². The maximum Gasteiger partial charge on any atom is 0.262 e. The number of hydrogen-bond donors (Lipinski definition) is 0. The zero-order valence-electron chi connectivity index (χ0n) is 17.0. The molecule has 4 heterocycles. The van der Waals surface area contributed by atoms with Crippen molar-refractivity contribution < 1.29 is 22.7 Å². The van der Waals surface area contributed by atoms with Gasteiger partial charge in [-0.2, -0.15) is 4.31 Å². The second-order valence-electron chi connectivity index (χ2n) is 8.10. The van der Waals surface area contributed by atoms with Crippen LogP contribution >= 0.6 is 34.7 Å². The number of ether oxygens (including phenoxy) is 1. The van der Waals surface area contributed by atoms with Crippen molar-refractivity contribution in [2.24, 2.45) is 0 Å². The van der Waals surface area contributed by atoms with Crippen molar-refractivity contribution in [1.29, 1.82) is 0 Å². The van der Waals surface area contributed by atoms with Gasteiger partial charge in [-0.05, 0) is 0 Å². The first kappa shape index (κ1) is 21.4. The standard InChI is InChI=1S/C21H16ClN3O5S3/c22-18-19(25-9-10-31-20(25)23-18)33(28,29)24-7-5-21(6-8-24)11-32-17-15(27)14(26)12-3-1-2-4-13(12)16(17)30-21/h1-4,9-10H,5-8,11H2. The van der Waals surface area contributed by atoms with Gasteiger partial charge in [-0.1, -0.05) is 35.9 Å². The fourth-order valence-corrected chi connectivity index (χ4v) is 8.59. The molecule has 6 rings (SSSR count). The molecule has 33 heavy (non-hydrogen) atoms. The predicted octanol–water partition coefficient (Wildman–Crippen LogP) is 3.47. The molecule has 170 valence electrons. The van der Waals surface area contributed by atoms with E-state index < -0.39 is 27.2 Å². The molecule has 8 nitrogen and oxygen atoms in total. The van der Waals surface area contributed by atoms with Crippen molar-refractivity contribution >= 4 is 67.0 Å². The number of ketones is 2. The summed E-state index contributed by atoms with van der Waals surface area (Å²) in [6.45, 7) is 0.488. The first-order valence-corrected chi connectivity index (χ1v) is 13.8. The van der Waals surface area contributed by atoms with E-state index in [-0.39, 0.29) is 23.3 Å². The summed E-state index contributed by atoms with van der Waals surface area (Å²) < 4.78 is 36.1. The van der Waals surface area contributed by atoms with Crippen LogP contribution in [0.4, 0.5) is 0 Å². The minimum atomic E-state index is -3.85. The van der Waals surface area contributed by atoms with E-state index in [0.29, 0.717) is 45.3 Å². The molecule has 0 bridgehead atoms. The summed E-state index contributed by atoms with van der Waals surface area (Å²) in [6.07, 6.45) is 2.54. The highest BCUT2D eigenvalue weighted by molar-refractivity contribution is 8.04. The molecule has 1 saturated heterocycles. The molecule has 0 unspecified atom stereocenters. The summed E-state index contributed by atoms with van der Waals surface area (Å²) in [6, 6.07) is 6.93. The van der Waals surface area contributed by atoms with Crippen LogP contribution in [0.5, 0.6) is 0 Å². The van der Waals surface area contributed by atoms with E-state index in [2.05, 4.69) is 4.98 Å². The van der Waals surface area contributed by atoms with Gasteiger partial charge < -0.3 is 4.74 Å². The van der Waals surface area contributed by atoms with Gasteiger partial charge in [0, 0.05) is 54.4 Å². The Morgan fingerprint density at radius 3 is 2.58 bits per heavy atom. The Labute approximate surface area is 202 Å². The lowest BCUT2D eigenvalue weighted by molar-refractivity contribution is -0.111. The SMILES string of the molecule is O=C1C(=O)c2ccccc2C2=C1SCC1(CCN(S(=O)(=O)c3c(Cl)nc4sccn34)CC1)O2. The van der Waals surface area contributed by atoms with E-state index in [9.17, 15) is 18.0 Å². The van der Waals surface area contributed by atoms with Gasteiger partial charge in [-0.3, -0.25) is 14.0 Å². The van der Waals surface area contributed by atoms with Crippen LogP contribution in [-0.4, -0.2) is 58.1 Å². The molecule has 1 aliphatic carbocycles. The van der Waals surface area contributed by atoms with E-state index >= 15 is 0 Å². The van der Waals surface area contributed by atoms with Crippen LogP contribution in [0, 0.1) is 0 Å². The molecule has 1 spiro atoms. The molecular formula is C21H16ClN3O5S3. The Hall–Kier alpha value is -2.18. The maximum absolute atomic E-state index is 13.4. The summed E-state index contributed by atoms with van der Waals surface area (Å²) in [5, 5.41) is 1.70. The van der Waals surface area contributed by atoms with E-state index in [4.69, 9.17) is 16.3 Å². The van der Waals surface area contributed by atoms with Gasteiger partial charge in [0.25, 0.3) is 10.0 Å². The number of thioether (sulfide) groups is 1. The minimum Gasteiger partial charge on any atom is -0.484 e.